The normalized spacial score (nSPS) is 11.6. The molecule has 8 aromatic carbocycles. The molecule has 0 amide bonds. The topological polar surface area (TPSA) is 48.5 Å². The molecule has 0 spiro atoms. The number of benzene rings is 8. The maximum absolute atomic E-state index is 5.25. The summed E-state index contributed by atoms with van der Waals surface area (Å²) in [6.45, 7) is 0. The molecule has 0 saturated heterocycles. The Morgan fingerprint density at radius 2 is 0.786 bits per heavy atom. The maximum Gasteiger partial charge on any atom is 0.166 e. The molecule has 0 saturated carbocycles. The van der Waals surface area contributed by atoms with E-state index in [2.05, 4.69) is 185 Å². The quantitative estimate of drug-likeness (QED) is 0.172. The van der Waals surface area contributed by atoms with E-state index in [1.807, 2.05) is 24.3 Å². The molecule has 3 aromatic heterocycles. The number of rotatable bonds is 6. The van der Waals surface area contributed by atoms with Gasteiger partial charge < -0.3 is 9.13 Å². The van der Waals surface area contributed by atoms with E-state index in [1.54, 1.807) is 0 Å². The number of aromatic nitrogens is 5. The Bertz CT molecular complexity index is 3240. The van der Waals surface area contributed by atoms with E-state index in [0.29, 0.717) is 17.5 Å². The van der Waals surface area contributed by atoms with E-state index in [9.17, 15) is 0 Å². The van der Waals surface area contributed by atoms with Gasteiger partial charge in [-0.15, -0.1) is 0 Å². The molecule has 11 aromatic rings. The van der Waals surface area contributed by atoms with Crippen molar-refractivity contribution in [1.29, 1.82) is 0 Å². The summed E-state index contributed by atoms with van der Waals surface area (Å²) in [6.07, 6.45) is 0. The fraction of sp³-hybridized carbons (Fsp3) is 0. The molecular formula is C51H33N5. The number of hydrogen-bond acceptors (Lipinski definition) is 3. The Balaban J connectivity index is 1.17. The van der Waals surface area contributed by atoms with E-state index >= 15 is 0 Å². The summed E-state index contributed by atoms with van der Waals surface area (Å²) in [6, 6.07) is 70.2. The molecule has 56 heavy (non-hydrogen) atoms. The third-order valence-corrected chi connectivity index (χ3v) is 10.8. The predicted octanol–water partition coefficient (Wildman–Crippen LogP) is 12.7. The predicted molar refractivity (Wildman–Crippen MR) is 230 cm³/mol. The molecule has 5 nitrogen and oxygen atoms in total. The Kier molecular flexibility index (Phi) is 7.42. The molecule has 0 N–H and O–H groups in total. The molecule has 0 unspecified atom stereocenters. The summed E-state index contributed by atoms with van der Waals surface area (Å²) < 4.78 is 4.77. The zero-order chi connectivity index (χ0) is 37.0. The number of hydrogen-bond donors (Lipinski definition) is 0. The van der Waals surface area contributed by atoms with Gasteiger partial charge in [-0.2, -0.15) is 0 Å². The summed E-state index contributed by atoms with van der Waals surface area (Å²) in [7, 11) is 0. The van der Waals surface area contributed by atoms with Crippen molar-refractivity contribution in [3.8, 4) is 56.7 Å². The zero-order valence-electron chi connectivity index (χ0n) is 30.3. The van der Waals surface area contributed by atoms with Crippen molar-refractivity contribution in [3.63, 3.8) is 0 Å². The van der Waals surface area contributed by atoms with E-state index in [1.165, 1.54) is 32.6 Å². The number of fused-ring (bicyclic) bond motifs is 7. The van der Waals surface area contributed by atoms with Crippen LogP contribution < -0.4 is 0 Å². The molecule has 0 aliphatic carbocycles. The van der Waals surface area contributed by atoms with Crippen LogP contribution in [0.25, 0.3) is 100 Å². The molecule has 0 aliphatic heterocycles. The van der Waals surface area contributed by atoms with Gasteiger partial charge in [-0.05, 0) is 65.7 Å². The monoisotopic (exact) mass is 715 g/mol. The Labute approximate surface area is 323 Å². The van der Waals surface area contributed by atoms with Crippen LogP contribution in [0.2, 0.25) is 0 Å². The highest BCUT2D eigenvalue weighted by Gasteiger charge is 2.23. The van der Waals surface area contributed by atoms with Crippen LogP contribution in [0.1, 0.15) is 0 Å². The molecule has 5 heteroatoms. The zero-order valence-corrected chi connectivity index (χ0v) is 30.3. The minimum absolute atomic E-state index is 0.613. The minimum Gasteiger partial charge on any atom is -0.309 e. The minimum atomic E-state index is 0.613. The highest BCUT2D eigenvalue weighted by molar-refractivity contribution is 6.29. The Morgan fingerprint density at radius 1 is 0.304 bits per heavy atom. The van der Waals surface area contributed by atoms with Crippen molar-refractivity contribution in [1.82, 2.24) is 24.1 Å². The van der Waals surface area contributed by atoms with Gasteiger partial charge >= 0.3 is 0 Å². The highest BCUT2D eigenvalue weighted by atomic mass is 15.1. The second-order valence-corrected chi connectivity index (χ2v) is 14.0. The van der Waals surface area contributed by atoms with Crippen molar-refractivity contribution in [3.05, 3.63) is 200 Å². The first-order valence-corrected chi connectivity index (χ1v) is 18.9. The van der Waals surface area contributed by atoms with Crippen molar-refractivity contribution < 1.29 is 0 Å². The second kappa shape index (κ2) is 13.0. The fourth-order valence-electron chi connectivity index (χ4n) is 8.30. The van der Waals surface area contributed by atoms with E-state index in [0.717, 1.165) is 50.2 Å². The summed E-state index contributed by atoms with van der Waals surface area (Å²) in [5, 5.41) is 4.87. The van der Waals surface area contributed by atoms with Crippen molar-refractivity contribution in [2.75, 3.05) is 0 Å². The average molecular weight is 716 g/mol. The fourth-order valence-corrected chi connectivity index (χ4v) is 8.30. The first kappa shape index (κ1) is 31.9. The van der Waals surface area contributed by atoms with Crippen LogP contribution in [-0.4, -0.2) is 24.1 Å². The SMILES string of the molecule is c1ccc(-c2cccc(-c3nc(-c4ccccc4)nc(-c4ccccc4-n4c5ccccc5c5c6c7ccccc7n(-c7ccccc7)c6ccc54)n3)c2)cc1. The standard InChI is InChI=1S/C51H33N5/c1-4-17-34(18-5-1)36-21-16-22-37(33-36)50-52-49(35-19-6-2-7-20-35)53-51(54-50)41-27-12-15-30-44(41)56-43-29-14-11-26-40(43)48-46(56)32-31-45-47(48)39-25-10-13-28-42(39)55(45)38-23-8-3-9-24-38/h1-33H. The first-order valence-electron chi connectivity index (χ1n) is 18.9. The lowest BCUT2D eigenvalue weighted by molar-refractivity contribution is 1.06. The molecule has 0 bridgehead atoms. The van der Waals surface area contributed by atoms with Gasteiger partial charge in [0.15, 0.2) is 17.5 Å². The number of para-hydroxylation sites is 4. The largest absolute Gasteiger partial charge is 0.309 e. The molecule has 0 aliphatic rings. The van der Waals surface area contributed by atoms with Gasteiger partial charge in [-0.25, -0.2) is 15.0 Å². The number of nitrogens with zero attached hydrogens (tertiary/aromatic N) is 5. The van der Waals surface area contributed by atoms with Crippen LogP contribution in [0.3, 0.4) is 0 Å². The van der Waals surface area contributed by atoms with Gasteiger partial charge in [0.2, 0.25) is 0 Å². The third-order valence-electron chi connectivity index (χ3n) is 10.8. The lowest BCUT2D eigenvalue weighted by Gasteiger charge is -2.15. The van der Waals surface area contributed by atoms with Crippen LogP contribution in [-0.2, 0) is 0 Å². The Hall–Kier alpha value is -7.63. The van der Waals surface area contributed by atoms with Gasteiger partial charge in [0, 0.05) is 43.9 Å². The lowest BCUT2D eigenvalue weighted by Crippen LogP contribution is -2.03. The molecule has 0 atom stereocenters. The van der Waals surface area contributed by atoms with E-state index in [4.69, 9.17) is 15.0 Å². The third kappa shape index (κ3) is 5.13. The summed E-state index contributed by atoms with van der Waals surface area (Å²) in [5.74, 6) is 1.87. The van der Waals surface area contributed by atoms with Crippen LogP contribution in [0, 0.1) is 0 Å². The summed E-state index contributed by atoms with van der Waals surface area (Å²) in [5.41, 5.74) is 11.8. The Morgan fingerprint density at radius 3 is 1.48 bits per heavy atom. The average Bonchev–Trinajstić information content (AvgIpc) is 3.80. The lowest BCUT2D eigenvalue weighted by atomic mass is 10.0. The smallest absolute Gasteiger partial charge is 0.166 e. The van der Waals surface area contributed by atoms with Crippen molar-refractivity contribution in [2.45, 2.75) is 0 Å². The van der Waals surface area contributed by atoms with Gasteiger partial charge in [0.25, 0.3) is 0 Å². The van der Waals surface area contributed by atoms with Gasteiger partial charge in [-0.1, -0.05) is 146 Å². The van der Waals surface area contributed by atoms with Crippen molar-refractivity contribution in [2.24, 2.45) is 0 Å². The second-order valence-electron chi connectivity index (χ2n) is 14.0. The van der Waals surface area contributed by atoms with Gasteiger partial charge in [-0.3, -0.25) is 0 Å². The van der Waals surface area contributed by atoms with E-state index in [-0.39, 0.29) is 0 Å². The van der Waals surface area contributed by atoms with E-state index < -0.39 is 0 Å². The van der Waals surface area contributed by atoms with Crippen LogP contribution in [0.5, 0.6) is 0 Å². The molecule has 0 radical (unpaired) electrons. The van der Waals surface area contributed by atoms with Crippen LogP contribution in [0.15, 0.2) is 200 Å². The highest BCUT2D eigenvalue weighted by Crippen LogP contribution is 2.43. The molecule has 0 fully saturated rings. The molecular weight excluding hydrogens is 683 g/mol. The van der Waals surface area contributed by atoms with Gasteiger partial charge in [0.05, 0.1) is 27.8 Å². The molecule has 3 heterocycles. The van der Waals surface area contributed by atoms with Crippen LogP contribution in [0.4, 0.5) is 0 Å². The van der Waals surface area contributed by atoms with Crippen molar-refractivity contribution >= 4 is 43.6 Å². The summed E-state index contributed by atoms with van der Waals surface area (Å²) in [4.78, 5) is 15.5. The maximum atomic E-state index is 5.25. The summed E-state index contributed by atoms with van der Waals surface area (Å²) >= 11 is 0. The molecule has 262 valence electrons. The van der Waals surface area contributed by atoms with Gasteiger partial charge in [0.1, 0.15) is 0 Å². The first-order chi connectivity index (χ1) is 27.8. The van der Waals surface area contributed by atoms with Crippen LogP contribution >= 0.6 is 0 Å². The molecule has 11 rings (SSSR count).